The lowest BCUT2D eigenvalue weighted by atomic mass is 10.1. The molecule has 0 radical (unpaired) electrons. The Hall–Kier alpha value is -2.52. The average molecular weight is 475 g/mol. The minimum atomic E-state index is -0.526. The van der Waals surface area contributed by atoms with Crippen LogP contribution in [0.2, 0.25) is 0 Å². The fourth-order valence-electron chi connectivity index (χ4n) is 3.66. The third-order valence-electron chi connectivity index (χ3n) is 5.24. The van der Waals surface area contributed by atoms with E-state index in [4.69, 9.17) is 12.2 Å². The molecule has 29 heavy (non-hydrogen) atoms. The van der Waals surface area contributed by atoms with Gasteiger partial charge in [0, 0.05) is 47.3 Å². The molecule has 1 N–H and O–H groups in total. The predicted molar refractivity (Wildman–Crippen MR) is 117 cm³/mol. The summed E-state index contributed by atoms with van der Waals surface area (Å²) in [7, 11) is 1.52. The Morgan fingerprint density at radius 2 is 2.00 bits per heavy atom. The van der Waals surface area contributed by atoms with E-state index in [1.54, 1.807) is 6.08 Å². The smallest absolute Gasteiger partial charge is 0.265 e. The van der Waals surface area contributed by atoms with Crippen molar-refractivity contribution in [1.29, 1.82) is 0 Å². The first-order chi connectivity index (χ1) is 13.8. The molecule has 0 saturated carbocycles. The van der Waals surface area contributed by atoms with Crippen molar-refractivity contribution in [3.63, 3.8) is 0 Å². The number of hydrogen-bond donors (Lipinski definition) is 1. The number of likely N-dealkylation sites (N-methyl/N-ethyl adjacent to an activating group) is 1. The number of nitrogens with one attached hydrogen (secondary N) is 1. The van der Waals surface area contributed by atoms with Crippen molar-refractivity contribution in [2.45, 2.75) is 19.4 Å². The Morgan fingerprint density at radius 1 is 1.28 bits per heavy atom. The van der Waals surface area contributed by atoms with Crippen molar-refractivity contribution >= 4 is 68.0 Å². The molecule has 0 atom stereocenters. The minimum absolute atomic E-state index is 0.00555. The summed E-state index contributed by atoms with van der Waals surface area (Å²) in [6.07, 6.45) is 5.44. The van der Waals surface area contributed by atoms with Crippen molar-refractivity contribution in [2.75, 3.05) is 20.1 Å². The summed E-state index contributed by atoms with van der Waals surface area (Å²) in [6.45, 7) is 1.80. The van der Waals surface area contributed by atoms with Gasteiger partial charge in [-0.3, -0.25) is 24.6 Å². The quantitative estimate of drug-likeness (QED) is 0.420. The summed E-state index contributed by atoms with van der Waals surface area (Å²) in [4.78, 5) is 40.6. The van der Waals surface area contributed by atoms with Crippen LogP contribution in [0.3, 0.4) is 0 Å². The van der Waals surface area contributed by atoms with Gasteiger partial charge in [0.1, 0.15) is 12.1 Å². The molecule has 2 aliphatic rings. The molecule has 2 aliphatic heterocycles. The summed E-state index contributed by atoms with van der Waals surface area (Å²) in [5.41, 5.74) is 1.56. The van der Waals surface area contributed by atoms with Gasteiger partial charge in [-0.15, -0.1) is 0 Å². The number of fused-ring (bicyclic) bond motifs is 1. The third kappa shape index (κ3) is 3.72. The maximum absolute atomic E-state index is 12.6. The second-order valence-electron chi connectivity index (χ2n) is 7.14. The van der Waals surface area contributed by atoms with E-state index in [1.807, 2.05) is 33.9 Å². The van der Waals surface area contributed by atoms with Crippen molar-refractivity contribution in [2.24, 2.45) is 0 Å². The molecular weight excluding hydrogens is 456 g/mol. The summed E-state index contributed by atoms with van der Waals surface area (Å²) < 4.78 is 2.74. The lowest BCUT2D eigenvalue weighted by molar-refractivity contribution is -0.131. The van der Waals surface area contributed by atoms with E-state index in [1.165, 1.54) is 11.9 Å². The summed E-state index contributed by atoms with van der Waals surface area (Å²) in [5.74, 6) is -0.914. The van der Waals surface area contributed by atoms with Crippen molar-refractivity contribution in [3.8, 4) is 0 Å². The second kappa shape index (κ2) is 7.72. The highest BCUT2D eigenvalue weighted by Gasteiger charge is 2.31. The van der Waals surface area contributed by atoms with Crippen LogP contribution in [-0.2, 0) is 20.9 Å². The molecule has 1 aromatic heterocycles. The van der Waals surface area contributed by atoms with Gasteiger partial charge < -0.3 is 9.47 Å². The standard InChI is InChI=1S/C20H19BrN4O3S/c1-23-19(28)15(18(27)22-20(23)29)8-12-10-25(11-17(26)24-6-2-3-7-24)16-5-4-13(21)9-14(12)16/h4-5,8-10H,2-3,6-7,11H2,1H3,(H,22,27,29). The summed E-state index contributed by atoms with van der Waals surface area (Å²) >= 11 is 8.46. The fourth-order valence-corrected chi connectivity index (χ4v) is 4.19. The molecule has 0 bridgehead atoms. The zero-order valence-electron chi connectivity index (χ0n) is 15.8. The first-order valence-corrected chi connectivity index (χ1v) is 10.5. The molecule has 7 nitrogen and oxygen atoms in total. The average Bonchev–Trinajstić information content (AvgIpc) is 3.32. The number of carbonyl (C=O) groups excluding carboxylic acids is 3. The van der Waals surface area contributed by atoms with E-state index >= 15 is 0 Å². The van der Waals surface area contributed by atoms with Gasteiger partial charge in [-0.25, -0.2) is 0 Å². The van der Waals surface area contributed by atoms with Crippen LogP contribution in [0.25, 0.3) is 17.0 Å². The zero-order valence-corrected chi connectivity index (χ0v) is 18.2. The van der Waals surface area contributed by atoms with E-state index in [-0.39, 0.29) is 23.1 Å². The molecule has 0 unspecified atom stereocenters. The Labute approximate surface area is 181 Å². The maximum atomic E-state index is 12.6. The number of halogens is 1. The number of amides is 3. The van der Waals surface area contributed by atoms with Gasteiger partial charge in [0.2, 0.25) is 5.91 Å². The minimum Gasteiger partial charge on any atom is -0.341 e. The normalized spacial score (nSPS) is 18.8. The summed E-state index contributed by atoms with van der Waals surface area (Å²) in [6, 6.07) is 5.74. The van der Waals surface area contributed by atoms with Gasteiger partial charge in [-0.2, -0.15) is 0 Å². The first kappa shape index (κ1) is 19.8. The highest BCUT2D eigenvalue weighted by Crippen LogP contribution is 2.28. The van der Waals surface area contributed by atoms with E-state index in [0.29, 0.717) is 5.56 Å². The second-order valence-corrected chi connectivity index (χ2v) is 8.45. The van der Waals surface area contributed by atoms with Crippen LogP contribution in [0.1, 0.15) is 18.4 Å². The zero-order chi connectivity index (χ0) is 20.7. The fraction of sp³-hybridized carbons (Fsp3) is 0.300. The molecule has 4 rings (SSSR count). The number of aromatic nitrogens is 1. The molecule has 2 fully saturated rings. The van der Waals surface area contributed by atoms with E-state index < -0.39 is 11.8 Å². The Kier molecular flexibility index (Phi) is 5.26. The van der Waals surface area contributed by atoms with E-state index in [0.717, 1.165) is 41.3 Å². The van der Waals surface area contributed by atoms with E-state index in [9.17, 15) is 14.4 Å². The number of rotatable bonds is 3. The van der Waals surface area contributed by atoms with Crippen molar-refractivity contribution < 1.29 is 14.4 Å². The van der Waals surface area contributed by atoms with Gasteiger partial charge in [0.15, 0.2) is 5.11 Å². The molecule has 150 valence electrons. The first-order valence-electron chi connectivity index (χ1n) is 9.26. The highest BCUT2D eigenvalue weighted by atomic mass is 79.9. The Bertz CT molecular complexity index is 1080. The van der Waals surface area contributed by atoms with Crippen LogP contribution in [0.4, 0.5) is 0 Å². The van der Waals surface area contributed by atoms with Gasteiger partial charge in [-0.1, -0.05) is 15.9 Å². The predicted octanol–water partition coefficient (Wildman–Crippen LogP) is 2.28. The number of nitrogens with zero attached hydrogens (tertiary/aromatic N) is 3. The molecule has 2 saturated heterocycles. The van der Waals surface area contributed by atoms with Crippen LogP contribution in [0.5, 0.6) is 0 Å². The lowest BCUT2D eigenvalue weighted by Crippen LogP contribution is -2.52. The maximum Gasteiger partial charge on any atom is 0.265 e. The molecule has 3 heterocycles. The molecule has 0 spiro atoms. The molecule has 1 aromatic carbocycles. The van der Waals surface area contributed by atoms with Crippen LogP contribution in [0.15, 0.2) is 34.4 Å². The van der Waals surface area contributed by atoms with Gasteiger partial charge >= 0.3 is 0 Å². The van der Waals surface area contributed by atoms with Gasteiger partial charge in [0.25, 0.3) is 11.8 Å². The largest absolute Gasteiger partial charge is 0.341 e. The monoisotopic (exact) mass is 474 g/mol. The SMILES string of the molecule is CN1C(=O)C(=Cc2cn(CC(=O)N3CCCC3)c3ccc(Br)cc23)C(=O)NC1=S. The molecule has 9 heteroatoms. The van der Waals surface area contributed by atoms with Gasteiger partial charge in [0.05, 0.1) is 0 Å². The van der Waals surface area contributed by atoms with Crippen molar-refractivity contribution in [3.05, 3.63) is 40.0 Å². The lowest BCUT2D eigenvalue weighted by Gasteiger charge is -2.24. The van der Waals surface area contributed by atoms with Crippen LogP contribution >= 0.6 is 28.1 Å². The number of thiocarbonyl (C=S) groups is 1. The van der Waals surface area contributed by atoms with Crippen LogP contribution in [0, 0.1) is 0 Å². The van der Waals surface area contributed by atoms with Crippen LogP contribution < -0.4 is 5.32 Å². The molecule has 2 aromatic rings. The topological polar surface area (TPSA) is 74.7 Å². The molecular formula is C20H19BrN4O3S. The number of benzene rings is 1. The highest BCUT2D eigenvalue weighted by molar-refractivity contribution is 9.10. The number of carbonyl (C=O) groups is 3. The Morgan fingerprint density at radius 3 is 2.72 bits per heavy atom. The summed E-state index contributed by atoms with van der Waals surface area (Å²) in [5, 5.41) is 3.44. The van der Waals surface area contributed by atoms with Crippen molar-refractivity contribution in [1.82, 2.24) is 19.7 Å². The van der Waals surface area contributed by atoms with E-state index in [2.05, 4.69) is 21.2 Å². The van der Waals surface area contributed by atoms with Gasteiger partial charge in [-0.05, 0) is 49.3 Å². The molecule has 3 amide bonds. The number of hydrogen-bond acceptors (Lipinski definition) is 4. The van der Waals surface area contributed by atoms with Crippen LogP contribution in [-0.4, -0.2) is 57.3 Å². The number of likely N-dealkylation sites (tertiary alicyclic amines) is 1. The third-order valence-corrected chi connectivity index (χ3v) is 6.11. The Balaban J connectivity index is 1.75. The molecule has 0 aliphatic carbocycles.